The highest BCUT2D eigenvalue weighted by molar-refractivity contribution is 5.99. The Morgan fingerprint density at radius 2 is 2.07 bits per heavy atom. The van der Waals surface area contributed by atoms with E-state index in [-0.39, 0.29) is 24.4 Å². The molecule has 8 nitrogen and oxygen atoms in total. The molecule has 1 fully saturated rings. The Morgan fingerprint density at radius 3 is 2.77 bits per heavy atom. The minimum atomic E-state index is -0.841. The zero-order valence-corrected chi connectivity index (χ0v) is 16.5. The second-order valence-corrected chi connectivity index (χ2v) is 7.91. The Kier molecular flexibility index (Phi) is 4.71. The van der Waals surface area contributed by atoms with Crippen LogP contribution in [-0.2, 0) is 9.59 Å². The molecule has 0 radical (unpaired) electrons. The highest BCUT2D eigenvalue weighted by atomic mass is 16.3. The number of rotatable bonds is 5. The zero-order valence-electron chi connectivity index (χ0n) is 16.5. The Hall–Kier alpha value is -3.26. The topological polar surface area (TPSA) is 98.7 Å². The third-order valence-corrected chi connectivity index (χ3v) is 5.77. The van der Waals surface area contributed by atoms with Crippen molar-refractivity contribution >= 4 is 17.6 Å². The van der Waals surface area contributed by atoms with Crippen molar-refractivity contribution in [3.63, 3.8) is 0 Å². The minimum Gasteiger partial charge on any atom is -0.369 e. The number of amides is 2. The van der Waals surface area contributed by atoms with Gasteiger partial charge in [-0.15, -0.1) is 0 Å². The lowest BCUT2D eigenvalue weighted by atomic mass is 10.0. The Morgan fingerprint density at radius 1 is 1.20 bits per heavy atom. The number of aliphatic hydroxyl groups excluding tert-OH is 1. The quantitative estimate of drug-likeness (QED) is 0.787. The van der Waals surface area contributed by atoms with E-state index >= 15 is 0 Å². The van der Waals surface area contributed by atoms with Crippen LogP contribution in [0, 0.1) is 0 Å². The van der Waals surface area contributed by atoms with Crippen LogP contribution in [0.5, 0.6) is 0 Å². The monoisotopic (exact) mass is 405 g/mol. The van der Waals surface area contributed by atoms with Crippen molar-refractivity contribution in [1.82, 2.24) is 19.8 Å². The molecule has 3 aliphatic rings. The molecule has 1 unspecified atom stereocenters. The molecule has 2 aromatic heterocycles. The van der Waals surface area contributed by atoms with Gasteiger partial charge in [-0.25, -0.2) is 4.98 Å². The van der Waals surface area contributed by atoms with Gasteiger partial charge in [0.1, 0.15) is 11.5 Å². The summed E-state index contributed by atoms with van der Waals surface area (Å²) in [6.07, 6.45) is 5.92. The molecule has 0 aromatic carbocycles. The van der Waals surface area contributed by atoms with Gasteiger partial charge < -0.3 is 20.2 Å². The summed E-state index contributed by atoms with van der Waals surface area (Å²) in [5, 5.41) is 13.4. The molecule has 2 amide bonds. The number of aliphatic hydroxyl groups is 1. The molecule has 0 bridgehead atoms. The van der Waals surface area contributed by atoms with Gasteiger partial charge in [0.15, 0.2) is 6.23 Å². The van der Waals surface area contributed by atoms with Crippen LogP contribution in [0.15, 0.2) is 54.0 Å². The van der Waals surface area contributed by atoms with E-state index in [1.165, 1.54) is 0 Å². The minimum absolute atomic E-state index is 0.0550. The van der Waals surface area contributed by atoms with Crippen molar-refractivity contribution < 1.29 is 14.7 Å². The fourth-order valence-electron chi connectivity index (χ4n) is 4.20. The van der Waals surface area contributed by atoms with E-state index in [0.29, 0.717) is 24.5 Å². The van der Waals surface area contributed by atoms with Gasteiger partial charge in [-0.2, -0.15) is 0 Å². The molecule has 154 valence electrons. The number of aromatic nitrogens is 2. The second-order valence-electron chi connectivity index (χ2n) is 7.91. The van der Waals surface area contributed by atoms with Crippen molar-refractivity contribution in [1.29, 1.82) is 0 Å². The maximum absolute atomic E-state index is 12.9. The van der Waals surface area contributed by atoms with Gasteiger partial charge in [-0.1, -0.05) is 6.07 Å². The van der Waals surface area contributed by atoms with E-state index in [9.17, 15) is 14.7 Å². The molecular weight excluding hydrogens is 382 g/mol. The highest BCUT2D eigenvalue weighted by Crippen LogP contribution is 2.40. The Labute approximate surface area is 174 Å². The maximum atomic E-state index is 12.9. The summed E-state index contributed by atoms with van der Waals surface area (Å²) in [5.41, 5.74) is 2.94. The summed E-state index contributed by atoms with van der Waals surface area (Å²) >= 11 is 0. The highest BCUT2D eigenvalue weighted by Gasteiger charge is 2.48. The average Bonchev–Trinajstić information content (AvgIpc) is 3.56. The summed E-state index contributed by atoms with van der Waals surface area (Å²) in [6.45, 7) is 0.675. The Bertz CT molecular complexity index is 1000. The van der Waals surface area contributed by atoms with Crippen LogP contribution in [0.3, 0.4) is 0 Å². The lowest BCUT2D eigenvalue weighted by Crippen LogP contribution is -2.40. The molecule has 1 aliphatic carbocycles. The second kappa shape index (κ2) is 7.53. The fourth-order valence-corrected chi connectivity index (χ4v) is 4.20. The normalized spacial score (nSPS) is 21.1. The molecule has 1 saturated carbocycles. The van der Waals surface area contributed by atoms with E-state index < -0.39 is 6.23 Å². The zero-order chi connectivity index (χ0) is 20.7. The maximum Gasteiger partial charge on any atom is 0.272 e. The first kappa shape index (κ1) is 18.7. The van der Waals surface area contributed by atoms with Gasteiger partial charge in [0.25, 0.3) is 5.91 Å². The van der Waals surface area contributed by atoms with E-state index in [2.05, 4.69) is 15.3 Å². The van der Waals surface area contributed by atoms with E-state index in [1.807, 2.05) is 24.3 Å². The lowest BCUT2D eigenvalue weighted by molar-refractivity contribution is -0.133. The van der Waals surface area contributed by atoms with Crippen LogP contribution in [-0.4, -0.2) is 62.0 Å². The van der Waals surface area contributed by atoms with Crippen LogP contribution >= 0.6 is 0 Å². The number of carbonyl (C=O) groups is 2. The van der Waals surface area contributed by atoms with E-state index in [0.717, 1.165) is 36.1 Å². The molecule has 2 aliphatic heterocycles. The summed E-state index contributed by atoms with van der Waals surface area (Å²) < 4.78 is 0. The van der Waals surface area contributed by atoms with Crippen molar-refractivity contribution in [2.75, 3.05) is 18.4 Å². The number of carbonyl (C=O) groups excluding carboxylic acids is 2. The molecule has 30 heavy (non-hydrogen) atoms. The number of nitrogens with one attached hydrogen (secondary N) is 1. The molecule has 0 saturated heterocycles. The van der Waals surface area contributed by atoms with Crippen LogP contribution in [0.25, 0.3) is 11.3 Å². The third-order valence-electron chi connectivity index (χ3n) is 5.77. The van der Waals surface area contributed by atoms with Crippen molar-refractivity contribution in [2.45, 2.75) is 38.0 Å². The van der Waals surface area contributed by atoms with Crippen LogP contribution in [0.4, 0.5) is 5.82 Å². The number of anilines is 1. The molecule has 4 heterocycles. The first-order valence-corrected chi connectivity index (χ1v) is 10.3. The number of hydrogen-bond acceptors (Lipinski definition) is 6. The number of pyridine rings is 2. The summed E-state index contributed by atoms with van der Waals surface area (Å²) in [4.78, 5) is 37.5. The van der Waals surface area contributed by atoms with Crippen molar-refractivity contribution in [3.8, 4) is 11.3 Å². The number of nitrogens with zero attached hydrogens (tertiary/aromatic N) is 4. The average molecular weight is 405 g/mol. The first-order chi connectivity index (χ1) is 14.6. The summed E-state index contributed by atoms with van der Waals surface area (Å²) in [7, 11) is 0. The van der Waals surface area contributed by atoms with Crippen LogP contribution < -0.4 is 5.32 Å². The van der Waals surface area contributed by atoms with E-state index in [1.54, 1.807) is 28.3 Å². The SMILES string of the molecule is O=C(CN1CCCC2=C1C(=O)N(C1CC1)C2O)Nc1ccc(-c2ccccn2)cn1. The van der Waals surface area contributed by atoms with Crippen molar-refractivity contribution in [2.24, 2.45) is 0 Å². The van der Waals surface area contributed by atoms with Gasteiger partial charge in [0, 0.05) is 36.1 Å². The van der Waals surface area contributed by atoms with Gasteiger partial charge in [-0.3, -0.25) is 14.6 Å². The smallest absolute Gasteiger partial charge is 0.272 e. The summed E-state index contributed by atoms with van der Waals surface area (Å²) in [5.74, 6) is 0.0580. The molecule has 1 atom stereocenters. The largest absolute Gasteiger partial charge is 0.369 e. The first-order valence-electron chi connectivity index (χ1n) is 10.3. The number of hydrogen-bond donors (Lipinski definition) is 2. The molecular formula is C22H23N5O3. The molecule has 2 N–H and O–H groups in total. The van der Waals surface area contributed by atoms with E-state index in [4.69, 9.17) is 0 Å². The molecule has 2 aromatic rings. The Balaban J connectivity index is 1.26. The van der Waals surface area contributed by atoms with Crippen molar-refractivity contribution in [3.05, 3.63) is 54.0 Å². The van der Waals surface area contributed by atoms with Gasteiger partial charge in [0.2, 0.25) is 5.91 Å². The fraction of sp³-hybridized carbons (Fsp3) is 0.364. The van der Waals surface area contributed by atoms with Crippen LogP contribution in [0.2, 0.25) is 0 Å². The van der Waals surface area contributed by atoms with Gasteiger partial charge in [0.05, 0.1) is 12.2 Å². The van der Waals surface area contributed by atoms with Crippen LogP contribution in [0.1, 0.15) is 25.7 Å². The van der Waals surface area contributed by atoms with Gasteiger partial charge in [-0.05, 0) is 49.9 Å². The van der Waals surface area contributed by atoms with Gasteiger partial charge >= 0.3 is 0 Å². The third kappa shape index (κ3) is 3.43. The predicted molar refractivity (Wildman–Crippen MR) is 110 cm³/mol. The molecule has 0 spiro atoms. The lowest BCUT2D eigenvalue weighted by Gasteiger charge is -2.28. The summed E-state index contributed by atoms with van der Waals surface area (Å²) in [6, 6.07) is 9.39. The standard InChI is InChI=1S/C22H23N5O3/c28-19(25-18-9-6-14(12-24-18)17-5-1-2-10-23-17)13-26-11-3-4-16-20(26)22(30)27(21(16)29)15-7-8-15/h1-2,5-6,9-10,12,15,21,29H,3-4,7-8,11,13H2,(H,24,25,28). The predicted octanol–water partition coefficient (Wildman–Crippen LogP) is 1.75. The molecule has 8 heteroatoms. The molecule has 5 rings (SSSR count).